The van der Waals surface area contributed by atoms with Gasteiger partial charge in [-0.25, -0.2) is 14.8 Å². The van der Waals surface area contributed by atoms with Crippen LogP contribution in [-0.4, -0.2) is 26.0 Å². The van der Waals surface area contributed by atoms with Crippen LogP contribution in [0.4, 0.5) is 5.69 Å². The van der Waals surface area contributed by atoms with Crippen molar-refractivity contribution < 1.29 is 19.6 Å². The quantitative estimate of drug-likeness (QED) is 0.678. The van der Waals surface area contributed by atoms with Crippen molar-refractivity contribution >= 4 is 11.7 Å². The van der Waals surface area contributed by atoms with E-state index in [-0.39, 0.29) is 17.3 Å². The van der Waals surface area contributed by atoms with E-state index in [9.17, 15) is 14.9 Å². The molecule has 1 aromatic heterocycles. The fourth-order valence-electron chi connectivity index (χ4n) is 1.84. The number of aryl methyl sites for hydroxylation is 2. The number of hydrogen-bond acceptors (Lipinski definition) is 6. The summed E-state index contributed by atoms with van der Waals surface area (Å²) in [5.41, 5.74) is 0.536. The highest BCUT2D eigenvalue weighted by atomic mass is 16.6. The minimum Gasteiger partial charge on any atom is -0.476 e. The molecular weight excluding hydrogens is 278 g/mol. The number of aromatic carboxylic acids is 1. The molecule has 8 nitrogen and oxygen atoms in total. The van der Waals surface area contributed by atoms with Crippen LogP contribution in [-0.2, 0) is 0 Å². The first kappa shape index (κ1) is 14.4. The van der Waals surface area contributed by atoms with Gasteiger partial charge in [0.05, 0.1) is 4.92 Å². The second-order valence-corrected chi connectivity index (χ2v) is 4.30. The highest BCUT2D eigenvalue weighted by Crippen LogP contribution is 2.35. The van der Waals surface area contributed by atoms with Crippen molar-refractivity contribution in [3.05, 3.63) is 51.5 Å². The zero-order chi connectivity index (χ0) is 15.6. The smallest absolute Gasteiger partial charge is 0.360 e. The Balaban J connectivity index is 2.55. The van der Waals surface area contributed by atoms with E-state index in [1.54, 1.807) is 19.9 Å². The largest absolute Gasteiger partial charge is 0.476 e. The minimum absolute atomic E-state index is 0.0476. The Morgan fingerprint density at radius 1 is 1.29 bits per heavy atom. The van der Waals surface area contributed by atoms with E-state index in [2.05, 4.69) is 9.97 Å². The molecule has 8 heteroatoms. The number of carboxylic acid groups (broad SMARTS) is 1. The van der Waals surface area contributed by atoms with Gasteiger partial charge < -0.3 is 9.84 Å². The number of hydrogen-bond donors (Lipinski definition) is 1. The summed E-state index contributed by atoms with van der Waals surface area (Å²) >= 11 is 0. The molecule has 1 aromatic carbocycles. The fourth-order valence-corrected chi connectivity index (χ4v) is 1.84. The van der Waals surface area contributed by atoms with E-state index in [1.165, 1.54) is 18.5 Å². The molecule has 108 valence electrons. The third-order valence-corrected chi connectivity index (χ3v) is 2.66. The molecule has 0 radical (unpaired) electrons. The summed E-state index contributed by atoms with van der Waals surface area (Å²) in [6.07, 6.45) is 2.45. The number of rotatable bonds is 4. The normalized spacial score (nSPS) is 10.2. The highest BCUT2D eigenvalue weighted by Gasteiger charge is 2.23. The number of nitro groups is 1. The first-order valence-electron chi connectivity index (χ1n) is 5.88. The van der Waals surface area contributed by atoms with Gasteiger partial charge in [0.1, 0.15) is 0 Å². The maximum atomic E-state index is 11.1. The van der Waals surface area contributed by atoms with E-state index < -0.39 is 16.6 Å². The SMILES string of the molecule is Cc1cc(C)c(Oc2nccnc2C(=O)O)c([N+](=O)[O-])c1. The van der Waals surface area contributed by atoms with Crippen molar-refractivity contribution in [2.75, 3.05) is 0 Å². The van der Waals surface area contributed by atoms with Gasteiger partial charge in [0.25, 0.3) is 5.88 Å². The molecule has 0 unspecified atom stereocenters. The van der Waals surface area contributed by atoms with Gasteiger partial charge in [0.15, 0.2) is 0 Å². The summed E-state index contributed by atoms with van der Waals surface area (Å²) in [6.45, 7) is 3.35. The molecule has 0 aliphatic carbocycles. The molecule has 0 aliphatic rings. The minimum atomic E-state index is -1.33. The third kappa shape index (κ3) is 2.94. The molecule has 0 fully saturated rings. The maximum Gasteiger partial charge on any atom is 0.360 e. The lowest BCUT2D eigenvalue weighted by molar-refractivity contribution is -0.385. The highest BCUT2D eigenvalue weighted by molar-refractivity contribution is 5.87. The summed E-state index contributed by atoms with van der Waals surface area (Å²) in [5, 5.41) is 20.1. The molecule has 0 saturated heterocycles. The third-order valence-electron chi connectivity index (χ3n) is 2.66. The number of carboxylic acids is 1. The standard InChI is InChI=1S/C13H11N3O5/c1-7-5-8(2)11(9(6-7)16(19)20)21-12-10(13(17)18)14-3-4-15-12/h3-6H,1-2H3,(H,17,18). The van der Waals surface area contributed by atoms with Crippen molar-refractivity contribution in [3.8, 4) is 11.6 Å². The van der Waals surface area contributed by atoms with Crippen LogP contribution in [0.5, 0.6) is 11.6 Å². The van der Waals surface area contributed by atoms with Crippen LogP contribution in [0, 0.1) is 24.0 Å². The van der Waals surface area contributed by atoms with Crippen LogP contribution in [0.1, 0.15) is 21.6 Å². The number of nitro benzene ring substituents is 1. The van der Waals surface area contributed by atoms with Crippen LogP contribution in [0.25, 0.3) is 0 Å². The number of aromatic nitrogens is 2. The molecule has 0 bridgehead atoms. The Kier molecular flexibility index (Phi) is 3.79. The lowest BCUT2D eigenvalue weighted by atomic mass is 10.1. The van der Waals surface area contributed by atoms with E-state index >= 15 is 0 Å². The van der Waals surface area contributed by atoms with Gasteiger partial charge in [0, 0.05) is 18.5 Å². The molecule has 2 aromatic rings. The molecule has 2 rings (SSSR count). The van der Waals surface area contributed by atoms with Crippen molar-refractivity contribution in [2.24, 2.45) is 0 Å². The number of nitrogens with zero attached hydrogens (tertiary/aromatic N) is 3. The van der Waals surface area contributed by atoms with Crippen molar-refractivity contribution in [3.63, 3.8) is 0 Å². The Hall–Kier alpha value is -3.03. The average Bonchev–Trinajstić information content (AvgIpc) is 2.41. The monoisotopic (exact) mass is 289 g/mol. The zero-order valence-corrected chi connectivity index (χ0v) is 11.2. The average molecular weight is 289 g/mol. The molecule has 0 aliphatic heterocycles. The van der Waals surface area contributed by atoms with Crippen LogP contribution < -0.4 is 4.74 Å². The predicted molar refractivity (Wildman–Crippen MR) is 71.6 cm³/mol. The topological polar surface area (TPSA) is 115 Å². The Bertz CT molecular complexity index is 730. The van der Waals surface area contributed by atoms with E-state index in [1.807, 2.05) is 0 Å². The van der Waals surface area contributed by atoms with Crippen molar-refractivity contribution in [1.29, 1.82) is 0 Å². The summed E-state index contributed by atoms with van der Waals surface area (Å²) in [6, 6.07) is 3.04. The summed E-state index contributed by atoms with van der Waals surface area (Å²) in [4.78, 5) is 29.0. The van der Waals surface area contributed by atoms with E-state index in [4.69, 9.17) is 9.84 Å². The first-order chi connectivity index (χ1) is 9.90. The van der Waals surface area contributed by atoms with E-state index in [0.717, 1.165) is 0 Å². The molecular formula is C13H11N3O5. The maximum absolute atomic E-state index is 11.1. The van der Waals surface area contributed by atoms with Crippen LogP contribution in [0.15, 0.2) is 24.5 Å². The molecule has 1 N–H and O–H groups in total. The van der Waals surface area contributed by atoms with Crippen LogP contribution >= 0.6 is 0 Å². The second-order valence-electron chi connectivity index (χ2n) is 4.30. The molecule has 21 heavy (non-hydrogen) atoms. The Labute approximate surface area is 119 Å². The van der Waals surface area contributed by atoms with Crippen LogP contribution in [0.3, 0.4) is 0 Å². The zero-order valence-electron chi connectivity index (χ0n) is 11.2. The van der Waals surface area contributed by atoms with Gasteiger partial charge in [-0.15, -0.1) is 0 Å². The van der Waals surface area contributed by atoms with Gasteiger partial charge in [-0.1, -0.05) is 6.07 Å². The lowest BCUT2D eigenvalue weighted by Gasteiger charge is -2.10. The summed E-state index contributed by atoms with van der Waals surface area (Å²) in [5.74, 6) is -1.67. The molecule has 0 atom stereocenters. The summed E-state index contributed by atoms with van der Waals surface area (Å²) < 4.78 is 5.35. The van der Waals surface area contributed by atoms with Crippen LogP contribution in [0.2, 0.25) is 0 Å². The fraction of sp³-hybridized carbons (Fsp3) is 0.154. The molecule has 1 heterocycles. The van der Waals surface area contributed by atoms with Gasteiger partial charge in [-0.3, -0.25) is 10.1 Å². The molecule has 0 spiro atoms. The number of benzene rings is 1. The number of ether oxygens (including phenoxy) is 1. The molecule has 0 saturated carbocycles. The van der Waals surface area contributed by atoms with Gasteiger partial charge >= 0.3 is 11.7 Å². The van der Waals surface area contributed by atoms with Gasteiger partial charge in [-0.2, -0.15) is 0 Å². The second kappa shape index (κ2) is 5.53. The summed E-state index contributed by atoms with van der Waals surface area (Å²) in [7, 11) is 0. The lowest BCUT2D eigenvalue weighted by Crippen LogP contribution is -2.06. The Morgan fingerprint density at radius 3 is 2.57 bits per heavy atom. The van der Waals surface area contributed by atoms with Gasteiger partial charge in [0.2, 0.25) is 11.4 Å². The predicted octanol–water partition coefficient (Wildman–Crippen LogP) is 2.49. The molecule has 0 amide bonds. The number of carbonyl (C=O) groups is 1. The van der Waals surface area contributed by atoms with Crippen molar-refractivity contribution in [2.45, 2.75) is 13.8 Å². The van der Waals surface area contributed by atoms with Crippen molar-refractivity contribution in [1.82, 2.24) is 9.97 Å². The Morgan fingerprint density at radius 2 is 1.95 bits per heavy atom. The first-order valence-corrected chi connectivity index (χ1v) is 5.88. The van der Waals surface area contributed by atoms with Gasteiger partial charge in [-0.05, 0) is 25.0 Å². The van der Waals surface area contributed by atoms with E-state index in [0.29, 0.717) is 11.1 Å².